The van der Waals surface area contributed by atoms with Gasteiger partial charge in [-0.2, -0.15) is 5.26 Å². The van der Waals surface area contributed by atoms with Gasteiger partial charge in [-0.1, -0.05) is 37.1 Å². The van der Waals surface area contributed by atoms with Gasteiger partial charge in [0.1, 0.15) is 24.0 Å². The predicted octanol–water partition coefficient (Wildman–Crippen LogP) is 4.14. The number of amides is 1. The van der Waals surface area contributed by atoms with E-state index >= 15 is 0 Å². The van der Waals surface area contributed by atoms with Crippen molar-refractivity contribution in [2.24, 2.45) is 0 Å². The number of benzene rings is 2. The minimum atomic E-state index is -0.444. The Hall–Kier alpha value is -3.66. The van der Waals surface area contributed by atoms with Crippen molar-refractivity contribution in [1.29, 1.82) is 5.26 Å². The van der Waals surface area contributed by atoms with Gasteiger partial charge in [-0.25, -0.2) is 0 Å². The average molecular weight is 391 g/mol. The SMILES string of the molecule is N#C/C(=C/c1ccc(OCc2cccc([N+](=O)[O-])c2)cc1)C(=O)NC1CCCC1. The van der Waals surface area contributed by atoms with Crippen molar-refractivity contribution in [1.82, 2.24) is 5.32 Å². The standard InChI is InChI=1S/C22H21N3O4/c23-14-18(22(26)24-19-5-1-2-6-19)12-16-8-10-21(11-9-16)29-15-17-4-3-7-20(13-17)25(27)28/h3-4,7-13,19H,1-2,5-6,15H2,(H,24,26)/b18-12-. The molecule has 0 aromatic heterocycles. The number of carbonyl (C=O) groups excluding carboxylic acids is 1. The van der Waals surface area contributed by atoms with E-state index in [1.165, 1.54) is 12.1 Å². The number of nitrogens with one attached hydrogen (secondary N) is 1. The second kappa shape index (κ2) is 9.51. The first kappa shape index (κ1) is 20.1. The lowest BCUT2D eigenvalue weighted by atomic mass is 10.1. The third-order valence-electron chi connectivity index (χ3n) is 4.77. The van der Waals surface area contributed by atoms with Crippen LogP contribution in [-0.4, -0.2) is 16.9 Å². The van der Waals surface area contributed by atoms with Crippen LogP contribution in [0.15, 0.2) is 54.1 Å². The predicted molar refractivity (Wildman–Crippen MR) is 108 cm³/mol. The quantitative estimate of drug-likeness (QED) is 0.330. The summed E-state index contributed by atoms with van der Waals surface area (Å²) in [7, 11) is 0. The Kier molecular flexibility index (Phi) is 6.59. The molecule has 2 aromatic carbocycles. The summed E-state index contributed by atoms with van der Waals surface area (Å²) in [5.41, 5.74) is 1.50. The molecule has 0 spiro atoms. The molecular weight excluding hydrogens is 370 g/mol. The molecule has 7 heteroatoms. The topological polar surface area (TPSA) is 105 Å². The lowest BCUT2D eigenvalue weighted by Crippen LogP contribution is -2.33. The fraction of sp³-hybridized carbons (Fsp3) is 0.273. The second-order valence-corrected chi connectivity index (χ2v) is 6.91. The number of nitriles is 1. The van der Waals surface area contributed by atoms with Gasteiger partial charge in [0.15, 0.2) is 0 Å². The zero-order chi connectivity index (χ0) is 20.6. The van der Waals surface area contributed by atoms with Crippen molar-refractivity contribution >= 4 is 17.7 Å². The molecule has 1 fully saturated rings. The van der Waals surface area contributed by atoms with Crippen LogP contribution in [-0.2, 0) is 11.4 Å². The molecule has 3 rings (SSSR count). The number of hydrogen-bond donors (Lipinski definition) is 1. The largest absolute Gasteiger partial charge is 0.489 e. The number of rotatable bonds is 7. The van der Waals surface area contributed by atoms with Crippen LogP contribution in [0.25, 0.3) is 6.08 Å². The Morgan fingerprint density at radius 2 is 1.97 bits per heavy atom. The van der Waals surface area contributed by atoms with Crippen molar-refractivity contribution in [3.8, 4) is 11.8 Å². The molecule has 1 amide bonds. The highest BCUT2D eigenvalue weighted by Gasteiger charge is 2.19. The van der Waals surface area contributed by atoms with Crippen LogP contribution in [0.2, 0.25) is 0 Å². The fourth-order valence-corrected chi connectivity index (χ4v) is 3.24. The monoisotopic (exact) mass is 391 g/mol. The first-order chi connectivity index (χ1) is 14.0. The summed E-state index contributed by atoms with van der Waals surface area (Å²) in [6.45, 7) is 0.199. The number of hydrogen-bond acceptors (Lipinski definition) is 5. The van der Waals surface area contributed by atoms with Crippen LogP contribution in [0, 0.1) is 21.4 Å². The van der Waals surface area contributed by atoms with E-state index in [0.717, 1.165) is 25.7 Å². The molecule has 1 aliphatic carbocycles. The maximum Gasteiger partial charge on any atom is 0.269 e. The summed E-state index contributed by atoms with van der Waals surface area (Å²) in [5, 5.41) is 23.0. The molecule has 7 nitrogen and oxygen atoms in total. The van der Waals surface area contributed by atoms with Gasteiger partial charge in [0.05, 0.1) is 4.92 Å². The van der Waals surface area contributed by atoms with E-state index in [1.807, 2.05) is 6.07 Å². The van der Waals surface area contributed by atoms with Crippen LogP contribution in [0.1, 0.15) is 36.8 Å². The third-order valence-corrected chi connectivity index (χ3v) is 4.77. The molecule has 1 N–H and O–H groups in total. The van der Waals surface area contributed by atoms with Gasteiger partial charge < -0.3 is 10.1 Å². The lowest BCUT2D eigenvalue weighted by molar-refractivity contribution is -0.384. The average Bonchev–Trinajstić information content (AvgIpc) is 3.24. The molecular formula is C22H21N3O4. The molecule has 29 heavy (non-hydrogen) atoms. The Labute approximate surface area is 168 Å². The van der Waals surface area contributed by atoms with E-state index < -0.39 is 4.92 Å². The molecule has 0 bridgehead atoms. The molecule has 1 aliphatic rings. The van der Waals surface area contributed by atoms with Gasteiger partial charge >= 0.3 is 0 Å². The molecule has 0 aliphatic heterocycles. The van der Waals surface area contributed by atoms with Crippen LogP contribution in [0.4, 0.5) is 5.69 Å². The van der Waals surface area contributed by atoms with E-state index in [-0.39, 0.29) is 29.8 Å². The highest BCUT2D eigenvalue weighted by atomic mass is 16.6. The maximum absolute atomic E-state index is 12.3. The van der Waals surface area contributed by atoms with E-state index in [9.17, 15) is 20.2 Å². The van der Waals surface area contributed by atoms with Gasteiger partial charge in [0.25, 0.3) is 11.6 Å². The molecule has 148 valence electrons. The Balaban J connectivity index is 1.60. The first-order valence-corrected chi connectivity index (χ1v) is 9.44. The van der Waals surface area contributed by atoms with Gasteiger partial charge in [0, 0.05) is 18.2 Å². The van der Waals surface area contributed by atoms with Crippen molar-refractivity contribution in [2.45, 2.75) is 38.3 Å². The van der Waals surface area contributed by atoms with E-state index in [0.29, 0.717) is 16.9 Å². The van der Waals surface area contributed by atoms with Crippen molar-refractivity contribution < 1.29 is 14.5 Å². The molecule has 0 atom stereocenters. The number of non-ortho nitro benzene ring substituents is 1. The number of nitro benzene ring substituents is 1. The Bertz CT molecular complexity index is 955. The van der Waals surface area contributed by atoms with Gasteiger partial charge in [-0.05, 0) is 42.2 Å². The highest BCUT2D eigenvalue weighted by molar-refractivity contribution is 6.01. The normalized spacial score (nSPS) is 14.2. The Morgan fingerprint density at radius 3 is 2.62 bits per heavy atom. The minimum absolute atomic E-state index is 0.0199. The number of nitrogens with zero attached hydrogens (tertiary/aromatic N) is 2. The summed E-state index contributed by atoms with van der Waals surface area (Å²) in [6.07, 6.45) is 5.68. The molecule has 0 saturated heterocycles. The first-order valence-electron chi connectivity index (χ1n) is 9.44. The van der Waals surface area contributed by atoms with Gasteiger partial charge in [-0.3, -0.25) is 14.9 Å². The lowest BCUT2D eigenvalue weighted by Gasteiger charge is -2.11. The second-order valence-electron chi connectivity index (χ2n) is 6.91. The van der Waals surface area contributed by atoms with Crippen LogP contribution in [0.5, 0.6) is 5.75 Å². The van der Waals surface area contributed by atoms with Gasteiger partial charge in [-0.15, -0.1) is 0 Å². The summed E-state index contributed by atoms with van der Waals surface area (Å²) in [6, 6.07) is 15.4. The van der Waals surface area contributed by atoms with E-state index in [4.69, 9.17) is 4.74 Å². The molecule has 1 saturated carbocycles. The molecule has 0 heterocycles. The molecule has 0 unspecified atom stereocenters. The summed E-state index contributed by atoms with van der Waals surface area (Å²) < 4.78 is 5.66. The van der Waals surface area contributed by atoms with Crippen LogP contribution in [0.3, 0.4) is 0 Å². The van der Waals surface area contributed by atoms with Crippen molar-refractivity contribution in [3.63, 3.8) is 0 Å². The zero-order valence-corrected chi connectivity index (χ0v) is 15.8. The van der Waals surface area contributed by atoms with Crippen molar-refractivity contribution in [3.05, 3.63) is 75.3 Å². The molecule has 2 aromatic rings. The molecule has 0 radical (unpaired) electrons. The Morgan fingerprint density at radius 1 is 1.24 bits per heavy atom. The minimum Gasteiger partial charge on any atom is -0.489 e. The summed E-state index contributed by atoms with van der Waals surface area (Å²) in [5.74, 6) is 0.243. The number of nitro groups is 1. The highest BCUT2D eigenvalue weighted by Crippen LogP contribution is 2.20. The maximum atomic E-state index is 12.3. The fourth-order valence-electron chi connectivity index (χ4n) is 3.24. The summed E-state index contributed by atoms with van der Waals surface area (Å²) >= 11 is 0. The zero-order valence-electron chi connectivity index (χ0n) is 15.8. The van der Waals surface area contributed by atoms with Crippen LogP contribution < -0.4 is 10.1 Å². The van der Waals surface area contributed by atoms with E-state index in [2.05, 4.69) is 5.32 Å². The summed E-state index contributed by atoms with van der Waals surface area (Å²) in [4.78, 5) is 22.6. The van der Waals surface area contributed by atoms with Crippen molar-refractivity contribution in [2.75, 3.05) is 0 Å². The van der Waals surface area contributed by atoms with Crippen LogP contribution >= 0.6 is 0 Å². The number of ether oxygens (including phenoxy) is 1. The number of carbonyl (C=O) groups is 1. The third kappa shape index (κ3) is 5.66. The van der Waals surface area contributed by atoms with E-state index in [1.54, 1.807) is 42.5 Å². The van der Waals surface area contributed by atoms with Gasteiger partial charge in [0.2, 0.25) is 0 Å². The smallest absolute Gasteiger partial charge is 0.269 e.